The third kappa shape index (κ3) is 2.16. The van der Waals surface area contributed by atoms with Gasteiger partial charge < -0.3 is 4.57 Å². The van der Waals surface area contributed by atoms with Gasteiger partial charge in [0.25, 0.3) is 5.56 Å². The van der Waals surface area contributed by atoms with E-state index < -0.39 is 0 Å². The van der Waals surface area contributed by atoms with Crippen LogP contribution in [0, 0.1) is 0 Å². The Morgan fingerprint density at radius 2 is 2.00 bits per heavy atom. The largest absolute Gasteiger partial charge is 0.315 e. The second kappa shape index (κ2) is 5.24. The fourth-order valence-corrected chi connectivity index (χ4v) is 3.46. The van der Waals surface area contributed by atoms with Gasteiger partial charge in [-0.3, -0.25) is 4.79 Å². The highest BCUT2D eigenvalue weighted by Gasteiger charge is 2.12. The van der Waals surface area contributed by atoms with E-state index in [1.807, 2.05) is 30.6 Å². The summed E-state index contributed by atoms with van der Waals surface area (Å²) in [4.78, 5) is 12.5. The molecule has 0 radical (unpaired) electrons. The molecule has 0 N–H and O–H groups in total. The first-order valence-electron chi connectivity index (χ1n) is 6.18. The molecule has 0 aliphatic heterocycles. The number of fused-ring (bicyclic) bond motifs is 1. The number of hydrogen-bond acceptors (Lipinski definition) is 2. The standard InChI is InChI=1S/C15H11Cl2NOS/c1-2-18-6-5-13-14(15(18)19)10(8-20-13)9-3-4-11(16)12(17)7-9/h3-8H,2H2,1H3. The van der Waals surface area contributed by atoms with Crippen molar-refractivity contribution < 1.29 is 0 Å². The lowest BCUT2D eigenvalue weighted by Crippen LogP contribution is -2.17. The van der Waals surface area contributed by atoms with Gasteiger partial charge in [0.05, 0.1) is 15.4 Å². The highest BCUT2D eigenvalue weighted by Crippen LogP contribution is 2.34. The molecule has 0 saturated carbocycles. The van der Waals surface area contributed by atoms with Crippen molar-refractivity contribution in [3.05, 3.63) is 56.2 Å². The number of aromatic nitrogens is 1. The predicted octanol–water partition coefficient (Wildman–Crippen LogP) is 5.06. The van der Waals surface area contributed by atoms with Crippen LogP contribution in [0.5, 0.6) is 0 Å². The van der Waals surface area contributed by atoms with Gasteiger partial charge in [-0.05, 0) is 30.7 Å². The van der Waals surface area contributed by atoms with Crippen LogP contribution in [0.25, 0.3) is 21.2 Å². The monoisotopic (exact) mass is 323 g/mol. The Hall–Kier alpha value is -1.29. The molecule has 0 saturated heterocycles. The van der Waals surface area contributed by atoms with Gasteiger partial charge >= 0.3 is 0 Å². The summed E-state index contributed by atoms with van der Waals surface area (Å²) in [6, 6.07) is 7.42. The summed E-state index contributed by atoms with van der Waals surface area (Å²) in [6.07, 6.45) is 1.83. The molecule has 3 rings (SSSR count). The summed E-state index contributed by atoms with van der Waals surface area (Å²) in [5, 5.41) is 3.75. The molecular weight excluding hydrogens is 313 g/mol. The molecule has 102 valence electrons. The second-order valence-corrected chi connectivity index (χ2v) is 6.15. The fraction of sp³-hybridized carbons (Fsp3) is 0.133. The van der Waals surface area contributed by atoms with Gasteiger partial charge in [-0.2, -0.15) is 0 Å². The van der Waals surface area contributed by atoms with Crippen molar-refractivity contribution >= 4 is 44.6 Å². The van der Waals surface area contributed by atoms with Crippen LogP contribution in [0.1, 0.15) is 6.92 Å². The van der Waals surface area contributed by atoms with Crippen molar-refractivity contribution in [1.82, 2.24) is 4.57 Å². The number of nitrogens with zero attached hydrogens (tertiary/aromatic N) is 1. The van der Waals surface area contributed by atoms with E-state index in [0.717, 1.165) is 21.2 Å². The van der Waals surface area contributed by atoms with E-state index in [1.165, 1.54) is 0 Å². The third-order valence-electron chi connectivity index (χ3n) is 3.27. The number of aryl methyl sites for hydroxylation is 1. The molecule has 20 heavy (non-hydrogen) atoms. The molecule has 2 nitrogen and oxygen atoms in total. The van der Waals surface area contributed by atoms with Gasteiger partial charge in [0.2, 0.25) is 0 Å². The average Bonchev–Trinajstić information content (AvgIpc) is 2.87. The van der Waals surface area contributed by atoms with Gasteiger partial charge in [0.1, 0.15) is 0 Å². The molecule has 2 heterocycles. The van der Waals surface area contributed by atoms with E-state index in [1.54, 1.807) is 28.0 Å². The van der Waals surface area contributed by atoms with Gasteiger partial charge in [0.15, 0.2) is 0 Å². The molecule has 0 atom stereocenters. The molecule has 0 fully saturated rings. The molecule has 5 heteroatoms. The first-order valence-corrected chi connectivity index (χ1v) is 7.81. The smallest absolute Gasteiger partial charge is 0.259 e. The van der Waals surface area contributed by atoms with Gasteiger partial charge in [-0.1, -0.05) is 29.3 Å². The molecule has 0 bridgehead atoms. The van der Waals surface area contributed by atoms with E-state index in [9.17, 15) is 4.79 Å². The number of benzene rings is 1. The van der Waals surface area contributed by atoms with Crippen molar-refractivity contribution in [2.45, 2.75) is 13.5 Å². The highest BCUT2D eigenvalue weighted by molar-refractivity contribution is 7.17. The lowest BCUT2D eigenvalue weighted by atomic mass is 10.1. The average molecular weight is 324 g/mol. The Labute approximate surface area is 130 Å². The topological polar surface area (TPSA) is 22.0 Å². The molecule has 0 aliphatic rings. The number of hydrogen-bond donors (Lipinski definition) is 0. The molecule has 3 aromatic rings. The molecular formula is C15H11Cl2NOS. The van der Waals surface area contributed by atoms with Crippen molar-refractivity contribution in [1.29, 1.82) is 0 Å². The first-order chi connectivity index (χ1) is 9.61. The Kier molecular flexibility index (Phi) is 3.59. The lowest BCUT2D eigenvalue weighted by Gasteiger charge is -2.04. The zero-order chi connectivity index (χ0) is 14.3. The summed E-state index contributed by atoms with van der Waals surface area (Å²) in [5.74, 6) is 0. The summed E-state index contributed by atoms with van der Waals surface area (Å²) < 4.78 is 2.69. The lowest BCUT2D eigenvalue weighted by molar-refractivity contribution is 0.735. The maximum Gasteiger partial charge on any atom is 0.259 e. The molecule has 0 unspecified atom stereocenters. The zero-order valence-electron chi connectivity index (χ0n) is 10.7. The SMILES string of the molecule is CCn1ccc2scc(-c3ccc(Cl)c(Cl)c3)c2c1=O. The number of halogens is 2. The zero-order valence-corrected chi connectivity index (χ0v) is 13.0. The van der Waals surface area contributed by atoms with Crippen LogP contribution in [0.3, 0.4) is 0 Å². The quantitative estimate of drug-likeness (QED) is 0.646. The van der Waals surface area contributed by atoms with E-state index in [0.29, 0.717) is 16.6 Å². The maximum absolute atomic E-state index is 12.5. The van der Waals surface area contributed by atoms with Gasteiger partial charge in [-0.15, -0.1) is 11.3 Å². The van der Waals surface area contributed by atoms with Crippen molar-refractivity contribution in [3.8, 4) is 11.1 Å². The highest BCUT2D eigenvalue weighted by atomic mass is 35.5. The minimum absolute atomic E-state index is 0.0346. The van der Waals surface area contributed by atoms with Crippen molar-refractivity contribution in [2.75, 3.05) is 0 Å². The van der Waals surface area contributed by atoms with Crippen molar-refractivity contribution in [2.24, 2.45) is 0 Å². The Balaban J connectivity index is 2.31. The van der Waals surface area contributed by atoms with Crippen LogP contribution in [0.2, 0.25) is 10.0 Å². The predicted molar refractivity (Wildman–Crippen MR) is 87.2 cm³/mol. The first kappa shape index (κ1) is 13.7. The molecule has 0 spiro atoms. The third-order valence-corrected chi connectivity index (χ3v) is 4.96. The van der Waals surface area contributed by atoms with Crippen LogP contribution in [0.15, 0.2) is 40.6 Å². The Bertz CT molecular complexity index is 851. The van der Waals surface area contributed by atoms with E-state index in [2.05, 4.69) is 0 Å². The Morgan fingerprint density at radius 3 is 2.70 bits per heavy atom. The van der Waals surface area contributed by atoms with Gasteiger partial charge in [-0.25, -0.2) is 0 Å². The van der Waals surface area contributed by atoms with Crippen molar-refractivity contribution in [3.63, 3.8) is 0 Å². The van der Waals surface area contributed by atoms with Crippen LogP contribution in [-0.2, 0) is 6.54 Å². The van der Waals surface area contributed by atoms with E-state index >= 15 is 0 Å². The number of rotatable bonds is 2. The maximum atomic E-state index is 12.5. The van der Waals surface area contributed by atoms with Crippen LogP contribution in [0.4, 0.5) is 0 Å². The van der Waals surface area contributed by atoms with E-state index in [-0.39, 0.29) is 5.56 Å². The summed E-state index contributed by atoms with van der Waals surface area (Å²) >= 11 is 13.6. The number of thiophene rings is 1. The Morgan fingerprint density at radius 1 is 1.20 bits per heavy atom. The minimum Gasteiger partial charge on any atom is -0.315 e. The van der Waals surface area contributed by atoms with E-state index in [4.69, 9.17) is 23.2 Å². The van der Waals surface area contributed by atoms with Crippen LogP contribution >= 0.6 is 34.5 Å². The second-order valence-electron chi connectivity index (χ2n) is 4.42. The normalized spacial score (nSPS) is 11.2. The minimum atomic E-state index is 0.0346. The summed E-state index contributed by atoms with van der Waals surface area (Å²) in [7, 11) is 0. The van der Waals surface area contributed by atoms with Crippen LogP contribution < -0.4 is 5.56 Å². The molecule has 0 aliphatic carbocycles. The summed E-state index contributed by atoms with van der Waals surface area (Å²) in [5.41, 5.74) is 1.86. The molecule has 0 amide bonds. The van der Waals surface area contributed by atoms with Gasteiger partial charge in [0, 0.05) is 28.4 Å². The molecule has 2 aromatic heterocycles. The number of pyridine rings is 1. The summed E-state index contributed by atoms with van der Waals surface area (Å²) in [6.45, 7) is 2.61. The van der Waals surface area contributed by atoms with Crippen LogP contribution in [-0.4, -0.2) is 4.57 Å². The fourth-order valence-electron chi connectivity index (χ4n) is 2.21. The molecule has 1 aromatic carbocycles.